The highest BCUT2D eigenvalue weighted by atomic mass is 16.6. The molecular formula is C10H23NO2. The van der Waals surface area contributed by atoms with Crippen LogP contribution in [0.2, 0.25) is 0 Å². The lowest BCUT2D eigenvalue weighted by molar-refractivity contribution is -0.0515. The zero-order chi connectivity index (χ0) is 10.5. The lowest BCUT2D eigenvalue weighted by Gasteiger charge is -2.27. The Hall–Kier alpha value is -0.120. The van der Waals surface area contributed by atoms with Crippen molar-refractivity contribution < 1.29 is 9.94 Å². The molecule has 0 rings (SSSR count). The van der Waals surface area contributed by atoms with E-state index in [4.69, 9.17) is 4.84 Å². The van der Waals surface area contributed by atoms with Crippen LogP contribution < -0.4 is 5.48 Å². The van der Waals surface area contributed by atoms with Gasteiger partial charge in [0.15, 0.2) is 0 Å². The summed E-state index contributed by atoms with van der Waals surface area (Å²) >= 11 is 0. The molecule has 2 N–H and O–H groups in total. The fourth-order valence-electron chi connectivity index (χ4n) is 0.627. The quantitative estimate of drug-likeness (QED) is 0.492. The first-order valence-corrected chi connectivity index (χ1v) is 4.93. The van der Waals surface area contributed by atoms with Gasteiger partial charge in [0.05, 0.1) is 12.2 Å². The van der Waals surface area contributed by atoms with Gasteiger partial charge >= 0.3 is 0 Å². The van der Waals surface area contributed by atoms with Crippen LogP contribution in [-0.2, 0) is 4.84 Å². The fourth-order valence-corrected chi connectivity index (χ4v) is 0.627. The molecule has 3 nitrogen and oxygen atoms in total. The van der Waals surface area contributed by atoms with E-state index < -0.39 is 5.60 Å². The molecule has 0 aliphatic rings. The maximum Gasteiger partial charge on any atom is 0.0789 e. The smallest absolute Gasteiger partial charge is 0.0789 e. The molecule has 0 saturated heterocycles. The predicted octanol–water partition coefficient (Wildman–Crippen LogP) is 1.57. The molecule has 1 unspecified atom stereocenters. The van der Waals surface area contributed by atoms with Crippen molar-refractivity contribution in [3.05, 3.63) is 0 Å². The van der Waals surface area contributed by atoms with E-state index in [1.165, 1.54) is 0 Å². The number of rotatable bonds is 6. The number of nitrogens with one attached hydrogen (secondary N) is 1. The van der Waals surface area contributed by atoms with Crippen LogP contribution in [-0.4, -0.2) is 23.9 Å². The zero-order valence-electron chi connectivity index (χ0n) is 9.42. The van der Waals surface area contributed by atoms with Crippen molar-refractivity contribution >= 4 is 0 Å². The molecule has 0 aromatic heterocycles. The third kappa shape index (κ3) is 6.02. The third-order valence-electron chi connectivity index (χ3n) is 2.19. The summed E-state index contributed by atoms with van der Waals surface area (Å²) in [6, 6.07) is 0. The SMILES string of the molecule is CC(C)CONCC(C)(O)C(C)C. The van der Waals surface area contributed by atoms with Crippen molar-refractivity contribution in [3.63, 3.8) is 0 Å². The van der Waals surface area contributed by atoms with Crippen LogP contribution in [0.3, 0.4) is 0 Å². The molecule has 80 valence electrons. The lowest BCUT2D eigenvalue weighted by Crippen LogP contribution is -2.42. The maximum absolute atomic E-state index is 9.81. The van der Waals surface area contributed by atoms with E-state index in [9.17, 15) is 5.11 Å². The highest BCUT2D eigenvalue weighted by Gasteiger charge is 2.24. The molecule has 0 bridgehead atoms. The van der Waals surface area contributed by atoms with E-state index in [1.54, 1.807) is 0 Å². The molecule has 3 heteroatoms. The van der Waals surface area contributed by atoms with Gasteiger partial charge < -0.3 is 9.94 Å². The Balaban J connectivity index is 3.52. The molecule has 0 aromatic rings. The van der Waals surface area contributed by atoms with E-state index in [0.29, 0.717) is 19.1 Å². The average Bonchev–Trinajstić information content (AvgIpc) is 1.97. The molecule has 0 aromatic carbocycles. The number of aliphatic hydroxyl groups is 1. The van der Waals surface area contributed by atoms with Crippen molar-refractivity contribution in [2.75, 3.05) is 13.2 Å². The van der Waals surface area contributed by atoms with Crippen LogP contribution in [0.15, 0.2) is 0 Å². The Labute approximate surface area is 81.4 Å². The zero-order valence-corrected chi connectivity index (χ0v) is 9.42. The molecular weight excluding hydrogens is 166 g/mol. The Morgan fingerprint density at radius 2 is 1.85 bits per heavy atom. The van der Waals surface area contributed by atoms with Crippen molar-refractivity contribution in [1.82, 2.24) is 5.48 Å². The van der Waals surface area contributed by atoms with Gasteiger partial charge in [-0.1, -0.05) is 27.7 Å². The molecule has 0 aliphatic carbocycles. The average molecular weight is 189 g/mol. The molecule has 0 fully saturated rings. The first kappa shape index (κ1) is 12.9. The molecule has 0 radical (unpaired) electrons. The first-order valence-electron chi connectivity index (χ1n) is 4.93. The summed E-state index contributed by atoms with van der Waals surface area (Å²) in [5.74, 6) is 0.735. The largest absolute Gasteiger partial charge is 0.388 e. The number of hydroxylamine groups is 1. The van der Waals surface area contributed by atoms with Gasteiger partial charge in [0.1, 0.15) is 0 Å². The van der Waals surface area contributed by atoms with Gasteiger partial charge in [0, 0.05) is 6.54 Å². The lowest BCUT2D eigenvalue weighted by atomic mass is 9.93. The van der Waals surface area contributed by atoms with Crippen LogP contribution in [0.25, 0.3) is 0 Å². The monoisotopic (exact) mass is 189 g/mol. The minimum atomic E-state index is -0.697. The summed E-state index contributed by atoms with van der Waals surface area (Å²) in [6.07, 6.45) is 0. The molecule has 0 saturated carbocycles. The molecule has 0 aliphatic heterocycles. The summed E-state index contributed by atoms with van der Waals surface area (Å²) in [7, 11) is 0. The van der Waals surface area contributed by atoms with Crippen molar-refractivity contribution in [2.24, 2.45) is 11.8 Å². The summed E-state index contributed by atoms with van der Waals surface area (Å²) in [5, 5.41) is 9.81. The summed E-state index contributed by atoms with van der Waals surface area (Å²) < 4.78 is 0. The highest BCUT2D eigenvalue weighted by Crippen LogP contribution is 2.14. The van der Waals surface area contributed by atoms with Gasteiger partial charge in [0.25, 0.3) is 0 Å². The molecule has 0 spiro atoms. The van der Waals surface area contributed by atoms with Gasteiger partial charge in [-0.25, -0.2) is 0 Å². The molecule has 0 amide bonds. The van der Waals surface area contributed by atoms with Gasteiger partial charge in [0.2, 0.25) is 0 Å². The Kier molecular flexibility index (Phi) is 5.53. The summed E-state index contributed by atoms with van der Waals surface area (Å²) in [5.41, 5.74) is 2.09. The molecule has 13 heavy (non-hydrogen) atoms. The first-order chi connectivity index (χ1) is 5.86. The van der Waals surface area contributed by atoms with Crippen molar-refractivity contribution in [3.8, 4) is 0 Å². The maximum atomic E-state index is 9.81. The van der Waals surface area contributed by atoms with E-state index >= 15 is 0 Å². The second kappa shape index (κ2) is 5.58. The number of hydrogen-bond donors (Lipinski definition) is 2. The highest BCUT2D eigenvalue weighted by molar-refractivity contribution is 4.77. The van der Waals surface area contributed by atoms with Gasteiger partial charge in [-0.3, -0.25) is 0 Å². The van der Waals surface area contributed by atoms with Crippen molar-refractivity contribution in [1.29, 1.82) is 0 Å². The third-order valence-corrected chi connectivity index (χ3v) is 2.19. The minimum absolute atomic E-state index is 0.225. The van der Waals surface area contributed by atoms with E-state index in [2.05, 4.69) is 19.3 Å². The topological polar surface area (TPSA) is 41.5 Å². The molecule has 0 heterocycles. The standard InChI is InChI=1S/C10H23NO2/c1-8(2)6-13-11-7-10(5,12)9(3)4/h8-9,11-12H,6-7H2,1-5H3. The second-order valence-electron chi connectivity index (χ2n) is 4.54. The number of hydrogen-bond acceptors (Lipinski definition) is 3. The van der Waals surface area contributed by atoms with E-state index in [0.717, 1.165) is 0 Å². The molecule has 1 atom stereocenters. The second-order valence-corrected chi connectivity index (χ2v) is 4.54. The van der Waals surface area contributed by atoms with Crippen LogP contribution in [0.1, 0.15) is 34.6 Å². The minimum Gasteiger partial charge on any atom is -0.388 e. The van der Waals surface area contributed by atoms with E-state index in [-0.39, 0.29) is 5.92 Å². The van der Waals surface area contributed by atoms with Crippen molar-refractivity contribution in [2.45, 2.75) is 40.2 Å². The van der Waals surface area contributed by atoms with Gasteiger partial charge in [-0.05, 0) is 18.8 Å². The Morgan fingerprint density at radius 3 is 2.23 bits per heavy atom. The predicted molar refractivity (Wildman–Crippen MR) is 54.3 cm³/mol. The van der Waals surface area contributed by atoms with Gasteiger partial charge in [-0.2, -0.15) is 5.48 Å². The van der Waals surface area contributed by atoms with Crippen LogP contribution in [0.4, 0.5) is 0 Å². The Morgan fingerprint density at radius 1 is 1.31 bits per heavy atom. The Bertz CT molecular complexity index is 133. The van der Waals surface area contributed by atoms with Crippen LogP contribution in [0.5, 0.6) is 0 Å². The fraction of sp³-hybridized carbons (Fsp3) is 1.00. The van der Waals surface area contributed by atoms with E-state index in [1.807, 2.05) is 20.8 Å². The normalized spacial score (nSPS) is 16.6. The van der Waals surface area contributed by atoms with Crippen LogP contribution >= 0.6 is 0 Å². The summed E-state index contributed by atoms with van der Waals surface area (Å²) in [6.45, 7) is 11.1. The van der Waals surface area contributed by atoms with Crippen LogP contribution in [0, 0.1) is 11.8 Å². The van der Waals surface area contributed by atoms with Gasteiger partial charge in [-0.15, -0.1) is 0 Å². The summed E-state index contributed by atoms with van der Waals surface area (Å²) in [4.78, 5) is 5.17.